The zero-order valence-corrected chi connectivity index (χ0v) is 10.4. The molecule has 1 aromatic rings. The first-order valence-corrected chi connectivity index (χ1v) is 7.27. The Bertz CT molecular complexity index is 313. The number of nitrogens with zero attached hydrogens (tertiary/aromatic N) is 2. The van der Waals surface area contributed by atoms with Crippen molar-refractivity contribution in [2.24, 2.45) is 0 Å². The number of hydrogen-bond acceptors (Lipinski definition) is 5. The molecule has 5 heteroatoms. The molecule has 1 unspecified atom stereocenters. The highest BCUT2D eigenvalue weighted by molar-refractivity contribution is 8.06. The molecule has 0 radical (unpaired) electrons. The van der Waals surface area contributed by atoms with Crippen molar-refractivity contribution in [3.8, 4) is 0 Å². The summed E-state index contributed by atoms with van der Waals surface area (Å²) in [6.07, 6.45) is 3.46. The Hall–Kier alpha value is -0.420. The molecule has 3 nitrogen and oxygen atoms in total. The first-order chi connectivity index (χ1) is 7.36. The molecular weight excluding hydrogens is 226 g/mol. The molecule has 2 rings (SSSR count). The fourth-order valence-electron chi connectivity index (χ4n) is 1.45. The maximum Gasteiger partial charge on any atom is 0.147 e. The topological polar surface area (TPSA) is 37.8 Å². The number of nitrogens with one attached hydrogen (secondary N) is 1. The predicted molar refractivity (Wildman–Crippen MR) is 68.8 cm³/mol. The minimum atomic E-state index is 0.713. The van der Waals surface area contributed by atoms with Gasteiger partial charge in [-0.3, -0.25) is 4.98 Å². The molecule has 1 atom stereocenters. The van der Waals surface area contributed by atoms with Crippen LogP contribution >= 0.6 is 23.5 Å². The second-order valence-electron chi connectivity index (χ2n) is 3.44. The number of anilines is 1. The van der Waals surface area contributed by atoms with Gasteiger partial charge in [0.15, 0.2) is 0 Å². The lowest BCUT2D eigenvalue weighted by Gasteiger charge is -2.21. The molecule has 1 aromatic heterocycles. The normalized spacial score (nSPS) is 21.3. The largest absolute Gasteiger partial charge is 0.367 e. The van der Waals surface area contributed by atoms with E-state index in [4.69, 9.17) is 0 Å². The van der Waals surface area contributed by atoms with Crippen LogP contribution in [0, 0.1) is 6.92 Å². The molecular formula is C10H15N3S2. The van der Waals surface area contributed by atoms with E-state index in [1.165, 1.54) is 17.3 Å². The monoisotopic (exact) mass is 241 g/mol. The Balaban J connectivity index is 1.84. The third-order valence-corrected chi connectivity index (χ3v) is 5.11. The van der Waals surface area contributed by atoms with Gasteiger partial charge in [-0.2, -0.15) is 23.5 Å². The minimum absolute atomic E-state index is 0.713. The molecule has 0 spiro atoms. The van der Waals surface area contributed by atoms with E-state index in [0.29, 0.717) is 5.25 Å². The summed E-state index contributed by atoms with van der Waals surface area (Å²) in [6.45, 7) is 2.98. The number of rotatable bonds is 3. The zero-order chi connectivity index (χ0) is 10.5. The Kier molecular flexibility index (Phi) is 4.14. The molecule has 2 heterocycles. The van der Waals surface area contributed by atoms with Crippen LogP contribution in [0.25, 0.3) is 0 Å². The quantitative estimate of drug-likeness (QED) is 0.876. The Morgan fingerprint density at radius 1 is 1.40 bits per heavy atom. The third-order valence-electron chi connectivity index (χ3n) is 2.26. The fraction of sp³-hybridized carbons (Fsp3) is 0.600. The van der Waals surface area contributed by atoms with Crippen LogP contribution in [0.2, 0.25) is 0 Å². The van der Waals surface area contributed by atoms with Gasteiger partial charge >= 0.3 is 0 Å². The average molecular weight is 241 g/mol. The lowest BCUT2D eigenvalue weighted by atomic mass is 10.4. The first kappa shape index (κ1) is 11.1. The van der Waals surface area contributed by atoms with E-state index in [1.807, 2.05) is 18.7 Å². The van der Waals surface area contributed by atoms with Gasteiger partial charge in [-0.05, 0) is 6.92 Å². The van der Waals surface area contributed by atoms with Gasteiger partial charge in [0.05, 0.1) is 5.69 Å². The van der Waals surface area contributed by atoms with Gasteiger partial charge in [-0.15, -0.1) is 0 Å². The van der Waals surface area contributed by atoms with E-state index in [1.54, 1.807) is 12.4 Å². The van der Waals surface area contributed by atoms with Gasteiger partial charge in [0.2, 0.25) is 0 Å². The lowest BCUT2D eigenvalue weighted by molar-refractivity contribution is 0.977. The van der Waals surface area contributed by atoms with E-state index < -0.39 is 0 Å². The van der Waals surface area contributed by atoms with Crippen molar-refractivity contribution in [3.63, 3.8) is 0 Å². The van der Waals surface area contributed by atoms with Gasteiger partial charge in [0.25, 0.3) is 0 Å². The summed E-state index contributed by atoms with van der Waals surface area (Å²) in [7, 11) is 0. The van der Waals surface area contributed by atoms with Gasteiger partial charge < -0.3 is 5.32 Å². The lowest BCUT2D eigenvalue weighted by Crippen LogP contribution is -2.23. The van der Waals surface area contributed by atoms with Crippen LogP contribution in [0.15, 0.2) is 12.4 Å². The smallest absolute Gasteiger partial charge is 0.147 e. The van der Waals surface area contributed by atoms with Crippen LogP contribution in [-0.2, 0) is 0 Å². The summed E-state index contributed by atoms with van der Waals surface area (Å²) in [5.74, 6) is 4.74. The van der Waals surface area contributed by atoms with E-state index in [-0.39, 0.29) is 0 Å². The van der Waals surface area contributed by atoms with Gasteiger partial charge in [0, 0.05) is 41.4 Å². The van der Waals surface area contributed by atoms with Crippen molar-refractivity contribution in [2.75, 3.05) is 29.1 Å². The van der Waals surface area contributed by atoms with Crippen LogP contribution in [-0.4, -0.2) is 39.0 Å². The highest BCUT2D eigenvalue weighted by Crippen LogP contribution is 2.24. The maximum absolute atomic E-state index is 4.27. The van der Waals surface area contributed by atoms with Gasteiger partial charge in [0.1, 0.15) is 5.82 Å². The fourth-order valence-corrected chi connectivity index (χ4v) is 4.06. The van der Waals surface area contributed by atoms with Crippen molar-refractivity contribution in [3.05, 3.63) is 18.1 Å². The van der Waals surface area contributed by atoms with E-state index in [2.05, 4.69) is 27.0 Å². The average Bonchev–Trinajstić information content (AvgIpc) is 2.29. The first-order valence-electron chi connectivity index (χ1n) is 5.07. The summed E-state index contributed by atoms with van der Waals surface area (Å²) in [4.78, 5) is 8.48. The Morgan fingerprint density at radius 2 is 2.27 bits per heavy atom. The third kappa shape index (κ3) is 3.28. The van der Waals surface area contributed by atoms with Crippen molar-refractivity contribution in [2.45, 2.75) is 12.2 Å². The highest BCUT2D eigenvalue weighted by atomic mass is 32.2. The standard InChI is InChI=1S/C10H15N3S2/c1-8-10(12-3-2-11-8)13-6-9-7-14-4-5-15-9/h2-3,9H,4-7H2,1H3,(H,12,13). The molecule has 0 saturated carbocycles. The van der Waals surface area contributed by atoms with Crippen LogP contribution in [0.4, 0.5) is 5.82 Å². The minimum Gasteiger partial charge on any atom is -0.367 e. The second kappa shape index (κ2) is 5.61. The molecule has 0 aliphatic carbocycles. The number of aromatic nitrogens is 2. The maximum atomic E-state index is 4.27. The van der Waals surface area contributed by atoms with Crippen LogP contribution in [0.1, 0.15) is 5.69 Å². The summed E-state index contributed by atoms with van der Waals surface area (Å²) in [5, 5.41) is 4.09. The van der Waals surface area contributed by atoms with E-state index in [9.17, 15) is 0 Å². The summed E-state index contributed by atoms with van der Waals surface area (Å²) in [5.41, 5.74) is 0.978. The molecule has 1 saturated heterocycles. The van der Waals surface area contributed by atoms with Crippen molar-refractivity contribution in [1.29, 1.82) is 0 Å². The van der Waals surface area contributed by atoms with E-state index in [0.717, 1.165) is 18.1 Å². The van der Waals surface area contributed by atoms with Gasteiger partial charge in [-0.1, -0.05) is 0 Å². The van der Waals surface area contributed by atoms with Gasteiger partial charge in [-0.25, -0.2) is 4.98 Å². The van der Waals surface area contributed by atoms with Crippen molar-refractivity contribution >= 4 is 29.3 Å². The molecule has 15 heavy (non-hydrogen) atoms. The second-order valence-corrected chi connectivity index (χ2v) is 6.00. The Labute approximate surface area is 98.9 Å². The predicted octanol–water partition coefficient (Wildman–Crippen LogP) is 2.05. The van der Waals surface area contributed by atoms with Crippen LogP contribution in [0.5, 0.6) is 0 Å². The molecule has 0 bridgehead atoms. The van der Waals surface area contributed by atoms with E-state index >= 15 is 0 Å². The van der Waals surface area contributed by atoms with Crippen molar-refractivity contribution in [1.82, 2.24) is 9.97 Å². The molecule has 1 N–H and O–H groups in total. The zero-order valence-electron chi connectivity index (χ0n) is 8.77. The number of thioether (sulfide) groups is 2. The SMILES string of the molecule is Cc1nccnc1NCC1CSCCS1. The number of aryl methyl sites for hydroxylation is 1. The summed E-state index contributed by atoms with van der Waals surface area (Å²) in [6, 6.07) is 0. The molecule has 0 amide bonds. The van der Waals surface area contributed by atoms with Crippen LogP contribution in [0.3, 0.4) is 0 Å². The molecule has 82 valence electrons. The Morgan fingerprint density at radius 3 is 3.00 bits per heavy atom. The molecule has 1 aliphatic heterocycles. The summed E-state index contributed by atoms with van der Waals surface area (Å²) >= 11 is 4.10. The molecule has 1 aliphatic rings. The number of hydrogen-bond donors (Lipinski definition) is 1. The summed E-state index contributed by atoms with van der Waals surface area (Å²) < 4.78 is 0. The molecule has 0 aromatic carbocycles. The van der Waals surface area contributed by atoms with Crippen LogP contribution < -0.4 is 5.32 Å². The van der Waals surface area contributed by atoms with Crippen molar-refractivity contribution < 1.29 is 0 Å². The highest BCUT2D eigenvalue weighted by Gasteiger charge is 2.14. The molecule has 1 fully saturated rings.